The van der Waals surface area contributed by atoms with Crippen molar-refractivity contribution in [2.45, 2.75) is 97.7 Å². The van der Waals surface area contributed by atoms with E-state index in [2.05, 4.69) is 20.6 Å². The second-order valence-electron chi connectivity index (χ2n) is 22.1. The van der Waals surface area contributed by atoms with E-state index in [0.717, 1.165) is 29.0 Å². The summed E-state index contributed by atoms with van der Waals surface area (Å²) in [6.07, 6.45) is 4.06. The molecule has 0 bridgehead atoms. The molecule has 8 aromatic rings. The molecule has 6 heterocycles. The molecule has 0 saturated carbocycles. The minimum Gasteiger partial charge on any atom is -0.497 e. The zero-order valence-corrected chi connectivity index (χ0v) is 48.6. The summed E-state index contributed by atoms with van der Waals surface area (Å²) < 4.78 is 43.0. The van der Waals surface area contributed by atoms with Crippen molar-refractivity contribution in [2.24, 2.45) is 0 Å². The number of aromatic carboxylic acids is 1. The summed E-state index contributed by atoms with van der Waals surface area (Å²) in [4.78, 5) is 61.8. The number of benzene rings is 4. The summed E-state index contributed by atoms with van der Waals surface area (Å²) in [5.74, 6) is 3.07. The molecule has 2 amide bonds. The summed E-state index contributed by atoms with van der Waals surface area (Å²) >= 11 is 0. The number of anilines is 2. The number of hydrogen-bond acceptors (Lipinski definition) is 17. The number of amides is 2. The number of carbonyl (C=O) groups is 4. The number of pyridine rings is 2. The van der Waals surface area contributed by atoms with Crippen LogP contribution in [0.2, 0.25) is 0 Å². The first kappa shape index (κ1) is 59.0. The van der Waals surface area contributed by atoms with Crippen LogP contribution in [0.4, 0.5) is 21.2 Å². The molecule has 0 spiro atoms. The average molecular weight is 1150 g/mol. The van der Waals surface area contributed by atoms with Crippen LogP contribution in [0.5, 0.6) is 34.5 Å². The topological polar surface area (TPSA) is 245 Å². The van der Waals surface area contributed by atoms with Gasteiger partial charge in [0.2, 0.25) is 0 Å². The van der Waals surface area contributed by atoms with Crippen LogP contribution in [0.15, 0.2) is 122 Å². The second kappa shape index (κ2) is 25.7. The van der Waals surface area contributed by atoms with Crippen molar-refractivity contribution < 1.29 is 57.4 Å². The molecule has 4 aromatic heterocycles. The van der Waals surface area contributed by atoms with Crippen molar-refractivity contribution in [1.29, 1.82) is 0 Å². The number of aromatic nitrogens is 6. The third kappa shape index (κ3) is 14.9. The van der Waals surface area contributed by atoms with Crippen LogP contribution in [-0.4, -0.2) is 139 Å². The summed E-state index contributed by atoms with van der Waals surface area (Å²) in [6, 6.07) is 32.0. The Morgan fingerprint density at radius 1 is 0.583 bits per heavy atom. The van der Waals surface area contributed by atoms with Gasteiger partial charge < -0.3 is 58.7 Å². The van der Waals surface area contributed by atoms with Gasteiger partial charge in [-0.25, -0.2) is 38.5 Å². The Morgan fingerprint density at radius 2 is 1.01 bits per heavy atom. The van der Waals surface area contributed by atoms with Crippen molar-refractivity contribution in [3.8, 4) is 34.5 Å². The number of rotatable bonds is 17. The number of carboxylic acids is 1. The molecule has 10 rings (SSSR count). The van der Waals surface area contributed by atoms with Crippen LogP contribution in [0.25, 0.3) is 22.1 Å². The van der Waals surface area contributed by atoms with Gasteiger partial charge in [0.15, 0.2) is 22.9 Å². The minimum absolute atomic E-state index is 0.0553. The van der Waals surface area contributed by atoms with Crippen LogP contribution in [0.3, 0.4) is 0 Å². The van der Waals surface area contributed by atoms with Gasteiger partial charge in [-0.2, -0.15) is 10.2 Å². The number of carbonyl (C=O) groups excluding carboxylic acids is 3. The molecule has 0 radical (unpaired) electrons. The number of esters is 1. The second-order valence-corrected chi connectivity index (χ2v) is 22.1. The van der Waals surface area contributed by atoms with E-state index in [1.807, 2.05) is 94.8 Å². The SMILES string of the molecule is CCOC(=O)c1cccc(Oc2ccnc3c2c(N[C@@H]2CCN(C(=O)OC(C)(C)C)C2)nn3Cc2ccc(OC)cc2)c1.COc1ccc(Cn2nc(N[C@@H]3CCN(C(=O)OC(C)(C)C)C3)c3c(Oc4cccc(C(=O)O)c4)ccnc32)cc1. The Labute approximate surface area is 486 Å². The number of nitrogens with zero attached hydrogens (tertiary/aromatic N) is 8. The molecule has 84 heavy (non-hydrogen) atoms. The average Bonchev–Trinajstić information content (AvgIpc) is 2.34. The Bertz CT molecular complexity index is 3630. The maximum Gasteiger partial charge on any atom is 0.410 e. The lowest BCUT2D eigenvalue weighted by atomic mass is 10.2. The molecule has 0 unspecified atom stereocenters. The van der Waals surface area contributed by atoms with E-state index in [9.17, 15) is 24.3 Å². The number of likely N-dealkylation sites (tertiary alicyclic amines) is 2. The lowest BCUT2D eigenvalue weighted by molar-refractivity contribution is 0.0283. The van der Waals surface area contributed by atoms with Crippen molar-refractivity contribution in [2.75, 3.05) is 57.6 Å². The van der Waals surface area contributed by atoms with Gasteiger partial charge in [-0.15, -0.1) is 0 Å². The quantitative estimate of drug-likeness (QED) is 0.0566. The molecule has 2 aliphatic heterocycles. The predicted molar refractivity (Wildman–Crippen MR) is 315 cm³/mol. The zero-order chi connectivity index (χ0) is 59.7. The molecule has 3 N–H and O–H groups in total. The Kier molecular flexibility index (Phi) is 18.0. The number of carboxylic acid groups (broad SMARTS) is 1. The molecule has 2 atom stereocenters. The summed E-state index contributed by atoms with van der Waals surface area (Å²) in [7, 11) is 3.26. The maximum atomic E-state index is 12.7. The molecule has 22 heteroatoms. The van der Waals surface area contributed by atoms with Crippen LogP contribution < -0.4 is 29.6 Å². The molecule has 2 fully saturated rings. The first-order valence-electron chi connectivity index (χ1n) is 27.6. The van der Waals surface area contributed by atoms with Crippen LogP contribution in [-0.2, 0) is 27.3 Å². The van der Waals surface area contributed by atoms with Gasteiger partial charge in [-0.1, -0.05) is 36.4 Å². The van der Waals surface area contributed by atoms with Gasteiger partial charge >= 0.3 is 24.1 Å². The molecular weight excluding hydrogens is 1080 g/mol. The number of nitrogens with one attached hydrogen (secondary N) is 2. The van der Waals surface area contributed by atoms with Crippen LogP contribution in [0.1, 0.15) is 93.2 Å². The summed E-state index contributed by atoms with van der Waals surface area (Å²) in [5, 5.41) is 27.6. The lowest BCUT2D eigenvalue weighted by Crippen LogP contribution is -2.36. The normalized spacial score (nSPS) is 15.0. The van der Waals surface area contributed by atoms with Crippen molar-refractivity contribution >= 4 is 57.8 Å². The van der Waals surface area contributed by atoms with E-state index in [0.29, 0.717) is 108 Å². The highest BCUT2D eigenvalue weighted by Crippen LogP contribution is 2.38. The van der Waals surface area contributed by atoms with Gasteiger partial charge in [0.25, 0.3) is 0 Å². The van der Waals surface area contributed by atoms with Gasteiger partial charge in [0.05, 0.1) is 45.0 Å². The van der Waals surface area contributed by atoms with Gasteiger partial charge in [-0.3, -0.25) is 0 Å². The lowest BCUT2D eigenvalue weighted by Gasteiger charge is -2.24. The van der Waals surface area contributed by atoms with Gasteiger partial charge in [0, 0.05) is 62.8 Å². The van der Waals surface area contributed by atoms with Crippen LogP contribution >= 0.6 is 0 Å². The number of methoxy groups -OCH3 is 2. The minimum atomic E-state index is -1.04. The molecule has 0 aliphatic carbocycles. The molecular formula is C62H70N10O12. The van der Waals surface area contributed by atoms with Gasteiger partial charge in [0.1, 0.15) is 56.5 Å². The van der Waals surface area contributed by atoms with Gasteiger partial charge in [-0.05, 0) is 133 Å². The zero-order valence-electron chi connectivity index (χ0n) is 48.6. The fourth-order valence-corrected chi connectivity index (χ4v) is 9.52. The Balaban J connectivity index is 0.000000202. The summed E-state index contributed by atoms with van der Waals surface area (Å²) in [5.41, 5.74) is 2.61. The largest absolute Gasteiger partial charge is 0.497 e. The molecule has 22 nitrogen and oxygen atoms in total. The fourth-order valence-electron chi connectivity index (χ4n) is 9.52. The Hall–Kier alpha value is -9.60. The third-order valence-electron chi connectivity index (χ3n) is 13.4. The van der Waals surface area contributed by atoms with Crippen LogP contribution in [0, 0.1) is 0 Å². The van der Waals surface area contributed by atoms with E-state index in [4.69, 9.17) is 43.4 Å². The highest BCUT2D eigenvalue weighted by Gasteiger charge is 2.33. The Morgan fingerprint density at radius 3 is 1.42 bits per heavy atom. The molecule has 2 aliphatic rings. The van der Waals surface area contributed by atoms with E-state index >= 15 is 0 Å². The van der Waals surface area contributed by atoms with E-state index in [-0.39, 0.29) is 36.4 Å². The van der Waals surface area contributed by atoms with Crippen molar-refractivity contribution in [3.05, 3.63) is 144 Å². The fraction of sp³-hybridized carbons (Fsp3) is 0.355. The maximum absolute atomic E-state index is 12.7. The summed E-state index contributed by atoms with van der Waals surface area (Å²) in [6.45, 7) is 16.1. The highest BCUT2D eigenvalue weighted by atomic mass is 16.6. The first-order valence-corrected chi connectivity index (χ1v) is 27.6. The highest BCUT2D eigenvalue weighted by molar-refractivity contribution is 5.95. The number of hydrogen-bond donors (Lipinski definition) is 3. The number of ether oxygens (including phenoxy) is 7. The van der Waals surface area contributed by atoms with E-state index < -0.39 is 23.1 Å². The van der Waals surface area contributed by atoms with Crippen molar-refractivity contribution in [1.82, 2.24) is 39.3 Å². The molecule has 440 valence electrons. The standard InChI is InChI=1S/C32H37N5O6.C30H33N5O6/c1-6-41-30(38)22-8-7-9-25(18-22)42-26-14-16-33-29-27(26)28(35-37(29)19-21-10-12-24(40-5)13-11-21)34-23-15-17-36(20-23)31(39)43-32(2,3)4;1-30(2,3)41-29(38)34-15-13-21(18-34)32-26-25-24(40-23-7-5-6-20(16-23)28(36)37)12-14-31-27(25)35(33-26)17-19-8-10-22(39-4)11-9-19/h7-14,16,18,23H,6,15,17,19-20H2,1-5H3,(H,34,35);5-12,14,16,21H,13,15,17-18H2,1-4H3,(H,32,33)(H,36,37)/t23-;21-/m11/s1. The van der Waals surface area contributed by atoms with Crippen molar-refractivity contribution in [3.63, 3.8) is 0 Å². The first-order chi connectivity index (χ1) is 40.2. The van der Waals surface area contributed by atoms with E-state index in [1.165, 1.54) is 12.1 Å². The molecule has 2 saturated heterocycles. The third-order valence-corrected chi connectivity index (χ3v) is 13.4. The smallest absolute Gasteiger partial charge is 0.410 e. The molecule has 4 aromatic carbocycles. The van der Waals surface area contributed by atoms with E-state index in [1.54, 1.807) is 96.5 Å². The monoisotopic (exact) mass is 1150 g/mol. The predicted octanol–water partition coefficient (Wildman–Crippen LogP) is 11.3. The number of fused-ring (bicyclic) bond motifs is 2.